The molecule has 0 radical (unpaired) electrons. The number of aryl methyl sites for hydroxylation is 2. The minimum Gasteiger partial charge on any atom is -0.507 e. The predicted octanol–water partition coefficient (Wildman–Crippen LogP) is 2.76. The van der Waals surface area contributed by atoms with E-state index in [1.165, 1.54) is 12.1 Å². The summed E-state index contributed by atoms with van der Waals surface area (Å²) in [5.41, 5.74) is 5.56. The molecule has 2 aliphatic rings. The number of benzene rings is 2. The number of carbonyl (C=O) groups is 2. The van der Waals surface area contributed by atoms with Crippen molar-refractivity contribution in [2.24, 2.45) is 17.8 Å². The second-order valence-corrected chi connectivity index (χ2v) is 11.1. The van der Waals surface area contributed by atoms with Crippen LogP contribution >= 0.6 is 0 Å². The summed E-state index contributed by atoms with van der Waals surface area (Å²) in [5, 5.41) is 51.0. The number of phenols is 1. The molecule has 1 aliphatic carbocycles. The van der Waals surface area contributed by atoms with Crippen LogP contribution in [0.5, 0.6) is 5.75 Å². The molecule has 0 saturated carbocycles. The standard InChI is InChI=1S/C31H38BNO7/c1-5-21-14-24-28(31(38)33(30(24)37)23-8-6-7-22(15-23)32(39)40)25(16-34)27(21)26(35)10-9-17(2)11-20-12-18(3)29(36)19(4)13-20/h6-8,11-13,15,24-26,28,34-36,39-40H,5,9-10,14,16H2,1-4H3/b17-11+/t24-,25+,26-,28-/m1/s1. The summed E-state index contributed by atoms with van der Waals surface area (Å²) in [6.07, 6.45) is 3.03. The van der Waals surface area contributed by atoms with Crippen LogP contribution < -0.4 is 10.4 Å². The lowest BCUT2D eigenvalue weighted by Crippen LogP contribution is -2.39. The smallest absolute Gasteiger partial charge is 0.488 e. The number of aliphatic hydroxyl groups excluding tert-OH is 2. The van der Waals surface area contributed by atoms with Gasteiger partial charge in [-0.05, 0) is 98.4 Å². The second-order valence-electron chi connectivity index (χ2n) is 11.1. The van der Waals surface area contributed by atoms with Gasteiger partial charge < -0.3 is 25.4 Å². The van der Waals surface area contributed by atoms with Gasteiger partial charge >= 0.3 is 7.12 Å². The first-order valence-electron chi connectivity index (χ1n) is 13.8. The Labute approximate surface area is 235 Å². The monoisotopic (exact) mass is 547 g/mol. The molecule has 0 spiro atoms. The van der Waals surface area contributed by atoms with E-state index >= 15 is 0 Å². The summed E-state index contributed by atoms with van der Waals surface area (Å²) in [7, 11) is -1.74. The number of hydrogen-bond acceptors (Lipinski definition) is 7. The van der Waals surface area contributed by atoms with Gasteiger partial charge in [0.15, 0.2) is 0 Å². The molecule has 1 fully saturated rings. The number of phenolic OH excluding ortho intramolecular Hbond substituents is 1. The number of rotatable bonds is 9. The molecular formula is C31H38BNO7. The Balaban J connectivity index is 1.57. The molecule has 1 aliphatic heterocycles. The van der Waals surface area contributed by atoms with Gasteiger partial charge in [0.2, 0.25) is 11.8 Å². The molecule has 8 nitrogen and oxygen atoms in total. The van der Waals surface area contributed by atoms with Gasteiger partial charge in [0.1, 0.15) is 5.75 Å². The van der Waals surface area contributed by atoms with E-state index in [-0.39, 0.29) is 29.4 Å². The van der Waals surface area contributed by atoms with Gasteiger partial charge in [-0.3, -0.25) is 14.5 Å². The van der Waals surface area contributed by atoms with Crippen LogP contribution in [0.15, 0.2) is 53.1 Å². The first-order chi connectivity index (χ1) is 19.0. The van der Waals surface area contributed by atoms with E-state index in [1.807, 2.05) is 45.9 Å². The van der Waals surface area contributed by atoms with Crippen molar-refractivity contribution < 1.29 is 35.0 Å². The van der Waals surface area contributed by atoms with Crippen molar-refractivity contribution in [1.82, 2.24) is 0 Å². The van der Waals surface area contributed by atoms with Crippen molar-refractivity contribution in [3.05, 3.63) is 69.8 Å². The number of anilines is 1. The minimum absolute atomic E-state index is 0.163. The molecule has 2 amide bonds. The van der Waals surface area contributed by atoms with Crippen LogP contribution in [0.2, 0.25) is 0 Å². The fourth-order valence-corrected chi connectivity index (χ4v) is 6.33. The highest BCUT2D eigenvalue weighted by atomic mass is 16.4. The molecule has 4 rings (SSSR count). The molecule has 0 unspecified atom stereocenters. The van der Waals surface area contributed by atoms with E-state index in [0.29, 0.717) is 31.3 Å². The third-order valence-electron chi connectivity index (χ3n) is 8.33. The van der Waals surface area contributed by atoms with Gasteiger partial charge in [0.25, 0.3) is 0 Å². The molecule has 0 aromatic heterocycles. The molecule has 0 bridgehead atoms. The van der Waals surface area contributed by atoms with Crippen LogP contribution in [0.25, 0.3) is 6.08 Å². The highest BCUT2D eigenvalue weighted by Crippen LogP contribution is 2.47. The summed E-state index contributed by atoms with van der Waals surface area (Å²) < 4.78 is 0. The third-order valence-corrected chi connectivity index (χ3v) is 8.33. The van der Waals surface area contributed by atoms with Crippen LogP contribution in [0, 0.1) is 31.6 Å². The SMILES string of the molecule is CCC1=C([C@H](O)CC/C(C)=C/c2cc(C)c(O)c(C)c2)[C@H](CO)[C@@H]2C(=O)N(c3cccc(B(O)O)c3)C(=O)[C@@H]2C1. The average molecular weight is 547 g/mol. The number of imide groups is 1. The van der Waals surface area contributed by atoms with Crippen molar-refractivity contribution >= 4 is 36.2 Å². The van der Waals surface area contributed by atoms with Gasteiger partial charge in [-0.2, -0.15) is 0 Å². The zero-order valence-corrected chi connectivity index (χ0v) is 23.5. The molecule has 212 valence electrons. The number of amides is 2. The maximum atomic E-state index is 13.7. The van der Waals surface area contributed by atoms with Gasteiger partial charge in [0, 0.05) is 5.92 Å². The van der Waals surface area contributed by atoms with Crippen molar-refractivity contribution in [3.8, 4) is 5.75 Å². The normalized spacial score (nSPS) is 22.1. The molecule has 9 heteroatoms. The fourth-order valence-electron chi connectivity index (χ4n) is 6.33. The van der Waals surface area contributed by atoms with Crippen LogP contribution in [0.1, 0.15) is 56.2 Å². The Morgan fingerprint density at radius 3 is 2.40 bits per heavy atom. The van der Waals surface area contributed by atoms with Crippen molar-refractivity contribution in [1.29, 1.82) is 0 Å². The van der Waals surface area contributed by atoms with Crippen LogP contribution in [-0.2, 0) is 9.59 Å². The lowest BCUT2D eigenvalue weighted by atomic mass is 9.67. The highest BCUT2D eigenvalue weighted by Gasteiger charge is 2.55. The van der Waals surface area contributed by atoms with E-state index in [2.05, 4.69) is 0 Å². The Morgan fingerprint density at radius 2 is 1.80 bits per heavy atom. The largest absolute Gasteiger partial charge is 0.507 e. The number of carbonyl (C=O) groups excluding carboxylic acids is 2. The van der Waals surface area contributed by atoms with E-state index in [4.69, 9.17) is 0 Å². The molecule has 1 saturated heterocycles. The quantitative estimate of drug-likeness (QED) is 0.185. The number of hydrogen-bond donors (Lipinski definition) is 5. The first-order valence-corrected chi connectivity index (χ1v) is 13.8. The molecule has 1 heterocycles. The van der Waals surface area contributed by atoms with Crippen LogP contribution in [0.4, 0.5) is 5.69 Å². The minimum atomic E-state index is -1.74. The molecule has 2 aromatic carbocycles. The Bertz CT molecular complexity index is 1340. The fraction of sp³-hybridized carbons (Fsp3) is 0.419. The average Bonchev–Trinajstić information content (AvgIpc) is 3.18. The summed E-state index contributed by atoms with van der Waals surface area (Å²) in [5.74, 6) is -2.69. The van der Waals surface area contributed by atoms with E-state index in [0.717, 1.165) is 32.7 Å². The van der Waals surface area contributed by atoms with E-state index in [9.17, 15) is 35.0 Å². The van der Waals surface area contributed by atoms with Crippen LogP contribution in [0.3, 0.4) is 0 Å². The van der Waals surface area contributed by atoms with Crippen molar-refractivity contribution in [2.75, 3.05) is 11.5 Å². The van der Waals surface area contributed by atoms with Gasteiger partial charge in [0.05, 0.1) is 30.2 Å². The number of nitrogens with zero attached hydrogens (tertiary/aromatic N) is 1. The topological polar surface area (TPSA) is 139 Å². The Kier molecular flexibility index (Phi) is 9.00. The van der Waals surface area contributed by atoms with E-state index in [1.54, 1.807) is 12.1 Å². The van der Waals surface area contributed by atoms with Gasteiger partial charge in [-0.25, -0.2) is 0 Å². The molecule has 2 aromatic rings. The summed E-state index contributed by atoms with van der Waals surface area (Å²) in [6, 6.07) is 9.85. The third kappa shape index (κ3) is 5.65. The first kappa shape index (κ1) is 29.7. The molecule has 40 heavy (non-hydrogen) atoms. The summed E-state index contributed by atoms with van der Waals surface area (Å²) in [4.78, 5) is 28.2. The zero-order chi connectivity index (χ0) is 29.3. The van der Waals surface area contributed by atoms with Gasteiger partial charge in [-0.1, -0.05) is 36.3 Å². The number of allylic oxidation sites excluding steroid dienone is 2. The van der Waals surface area contributed by atoms with Gasteiger partial charge in [-0.15, -0.1) is 0 Å². The number of aromatic hydroxyl groups is 1. The lowest BCUT2D eigenvalue weighted by molar-refractivity contribution is -0.123. The van der Waals surface area contributed by atoms with E-state index < -0.39 is 36.9 Å². The Morgan fingerprint density at radius 1 is 1.12 bits per heavy atom. The van der Waals surface area contributed by atoms with Crippen molar-refractivity contribution in [3.63, 3.8) is 0 Å². The second kappa shape index (κ2) is 12.1. The summed E-state index contributed by atoms with van der Waals surface area (Å²) >= 11 is 0. The predicted molar refractivity (Wildman–Crippen MR) is 155 cm³/mol. The number of aliphatic hydroxyl groups is 2. The summed E-state index contributed by atoms with van der Waals surface area (Å²) in [6.45, 7) is 7.26. The molecule has 4 atom stereocenters. The maximum absolute atomic E-state index is 13.7. The highest BCUT2D eigenvalue weighted by molar-refractivity contribution is 6.58. The maximum Gasteiger partial charge on any atom is 0.488 e. The van der Waals surface area contributed by atoms with Crippen molar-refractivity contribution in [2.45, 2.75) is 59.5 Å². The number of fused-ring (bicyclic) bond motifs is 1. The lowest BCUT2D eigenvalue weighted by Gasteiger charge is -2.36. The Hall–Kier alpha value is -3.24. The van der Waals surface area contributed by atoms with Crippen LogP contribution in [-0.4, -0.2) is 57.0 Å². The molecule has 5 N–H and O–H groups in total. The zero-order valence-electron chi connectivity index (χ0n) is 23.5. The molecular weight excluding hydrogens is 509 g/mol.